The standard InChI is InChI=1S/C13H18BrNO2/c1-4-8-7-9(16-2)12(17-3)10(11(8)14)13(15)5-6-13/h7H,4-6,15H2,1-3H3. The minimum absolute atomic E-state index is 0.247. The van der Waals surface area contributed by atoms with Gasteiger partial charge in [-0.15, -0.1) is 0 Å². The number of halogens is 1. The van der Waals surface area contributed by atoms with Crippen molar-refractivity contribution in [2.24, 2.45) is 5.73 Å². The molecule has 0 amide bonds. The molecular formula is C13H18BrNO2. The Morgan fingerprint density at radius 2 is 2.00 bits per heavy atom. The average Bonchev–Trinajstić information content (AvgIpc) is 3.07. The van der Waals surface area contributed by atoms with Crippen LogP contribution < -0.4 is 15.2 Å². The zero-order chi connectivity index (χ0) is 12.6. The molecule has 0 atom stereocenters. The summed E-state index contributed by atoms with van der Waals surface area (Å²) in [6, 6.07) is 2.01. The fourth-order valence-electron chi connectivity index (χ4n) is 2.11. The maximum atomic E-state index is 6.33. The lowest BCUT2D eigenvalue weighted by Crippen LogP contribution is -2.21. The van der Waals surface area contributed by atoms with Crippen LogP contribution in [0.25, 0.3) is 0 Å². The van der Waals surface area contributed by atoms with E-state index in [-0.39, 0.29) is 5.54 Å². The molecule has 0 radical (unpaired) electrons. The highest BCUT2D eigenvalue weighted by molar-refractivity contribution is 9.10. The molecule has 1 aromatic rings. The van der Waals surface area contributed by atoms with E-state index in [9.17, 15) is 0 Å². The molecule has 1 saturated carbocycles. The second-order valence-corrected chi connectivity index (χ2v) is 5.26. The van der Waals surface area contributed by atoms with E-state index in [4.69, 9.17) is 15.2 Å². The number of hydrogen-bond acceptors (Lipinski definition) is 3. The number of benzene rings is 1. The van der Waals surface area contributed by atoms with Crippen molar-refractivity contribution in [3.05, 3.63) is 21.7 Å². The SMILES string of the molecule is CCc1cc(OC)c(OC)c(C2(N)CC2)c1Br. The van der Waals surface area contributed by atoms with Crippen molar-refractivity contribution in [3.63, 3.8) is 0 Å². The smallest absolute Gasteiger partial charge is 0.166 e. The van der Waals surface area contributed by atoms with E-state index in [0.29, 0.717) is 0 Å². The van der Waals surface area contributed by atoms with Gasteiger partial charge in [0, 0.05) is 15.6 Å². The van der Waals surface area contributed by atoms with E-state index in [1.165, 1.54) is 5.56 Å². The molecule has 0 spiro atoms. The molecule has 0 saturated heterocycles. The van der Waals surface area contributed by atoms with Crippen molar-refractivity contribution < 1.29 is 9.47 Å². The largest absolute Gasteiger partial charge is 0.493 e. The lowest BCUT2D eigenvalue weighted by molar-refractivity contribution is 0.347. The van der Waals surface area contributed by atoms with Crippen molar-refractivity contribution in [1.82, 2.24) is 0 Å². The Hall–Kier alpha value is -0.740. The Morgan fingerprint density at radius 3 is 2.41 bits per heavy atom. The molecule has 1 aliphatic rings. The Labute approximate surface area is 110 Å². The van der Waals surface area contributed by atoms with Gasteiger partial charge in [-0.05, 0) is 30.9 Å². The Bertz CT molecular complexity index is 442. The molecule has 2 N–H and O–H groups in total. The summed E-state index contributed by atoms with van der Waals surface area (Å²) in [4.78, 5) is 0. The van der Waals surface area contributed by atoms with Gasteiger partial charge in [-0.2, -0.15) is 0 Å². The van der Waals surface area contributed by atoms with Gasteiger partial charge in [0.2, 0.25) is 0 Å². The summed E-state index contributed by atoms with van der Waals surface area (Å²) in [5, 5.41) is 0. The first kappa shape index (κ1) is 12.7. The topological polar surface area (TPSA) is 44.5 Å². The van der Waals surface area contributed by atoms with E-state index in [0.717, 1.165) is 40.8 Å². The first-order valence-electron chi connectivity index (χ1n) is 5.80. The number of ether oxygens (including phenoxy) is 2. The Balaban J connectivity index is 2.67. The minimum Gasteiger partial charge on any atom is -0.493 e. The summed E-state index contributed by atoms with van der Waals surface area (Å²) in [6.07, 6.45) is 2.93. The zero-order valence-corrected chi connectivity index (χ0v) is 12.1. The quantitative estimate of drug-likeness (QED) is 0.929. The molecule has 0 aliphatic heterocycles. The van der Waals surface area contributed by atoms with Gasteiger partial charge in [-0.1, -0.05) is 22.9 Å². The Kier molecular flexibility index (Phi) is 3.36. The molecule has 1 aliphatic carbocycles. The molecule has 0 bridgehead atoms. The molecule has 1 aromatic carbocycles. The maximum absolute atomic E-state index is 6.33. The molecule has 17 heavy (non-hydrogen) atoms. The predicted octanol–water partition coefficient (Wildman–Crippen LogP) is 2.98. The van der Waals surface area contributed by atoms with Crippen LogP contribution in [0.3, 0.4) is 0 Å². The van der Waals surface area contributed by atoms with Crippen molar-refractivity contribution in [1.29, 1.82) is 0 Å². The molecule has 4 heteroatoms. The number of methoxy groups -OCH3 is 2. The second kappa shape index (κ2) is 4.50. The van der Waals surface area contributed by atoms with E-state index < -0.39 is 0 Å². The van der Waals surface area contributed by atoms with E-state index in [2.05, 4.69) is 22.9 Å². The highest BCUT2D eigenvalue weighted by atomic mass is 79.9. The summed E-state index contributed by atoms with van der Waals surface area (Å²) < 4.78 is 11.9. The highest BCUT2D eigenvalue weighted by Crippen LogP contribution is 2.53. The molecule has 3 nitrogen and oxygen atoms in total. The molecule has 0 unspecified atom stereocenters. The molecule has 1 fully saturated rings. The van der Waals surface area contributed by atoms with Gasteiger partial charge in [-0.3, -0.25) is 0 Å². The van der Waals surface area contributed by atoms with Crippen molar-refractivity contribution in [3.8, 4) is 11.5 Å². The first-order valence-corrected chi connectivity index (χ1v) is 6.59. The second-order valence-electron chi connectivity index (χ2n) is 4.47. The fourth-order valence-corrected chi connectivity index (χ4v) is 3.08. The van der Waals surface area contributed by atoms with Gasteiger partial charge < -0.3 is 15.2 Å². The van der Waals surface area contributed by atoms with Crippen LogP contribution in [0.15, 0.2) is 10.5 Å². The third kappa shape index (κ3) is 2.04. The zero-order valence-electron chi connectivity index (χ0n) is 10.5. The summed E-state index contributed by atoms with van der Waals surface area (Å²) in [5.74, 6) is 1.52. The normalized spacial score (nSPS) is 16.8. The van der Waals surface area contributed by atoms with Crippen molar-refractivity contribution in [2.45, 2.75) is 31.7 Å². The third-order valence-corrected chi connectivity index (χ3v) is 4.25. The summed E-state index contributed by atoms with van der Waals surface area (Å²) >= 11 is 3.66. The monoisotopic (exact) mass is 299 g/mol. The lowest BCUT2D eigenvalue weighted by Gasteiger charge is -2.21. The molecule has 2 rings (SSSR count). The molecule has 0 heterocycles. The van der Waals surface area contributed by atoms with Crippen LogP contribution in [0.5, 0.6) is 11.5 Å². The number of rotatable bonds is 4. The first-order chi connectivity index (χ1) is 8.07. The number of aryl methyl sites for hydroxylation is 1. The molecule has 0 aromatic heterocycles. The lowest BCUT2D eigenvalue weighted by atomic mass is 9.99. The van der Waals surface area contributed by atoms with Gasteiger partial charge in [0.15, 0.2) is 11.5 Å². The van der Waals surface area contributed by atoms with Crippen LogP contribution in [0.4, 0.5) is 0 Å². The third-order valence-electron chi connectivity index (χ3n) is 3.35. The van der Waals surface area contributed by atoms with Gasteiger partial charge in [0.1, 0.15) is 0 Å². The predicted molar refractivity (Wildman–Crippen MR) is 71.7 cm³/mol. The van der Waals surface area contributed by atoms with Crippen LogP contribution in [0, 0.1) is 0 Å². The summed E-state index contributed by atoms with van der Waals surface area (Å²) in [5.41, 5.74) is 8.33. The van der Waals surface area contributed by atoms with E-state index in [1.807, 2.05) is 6.07 Å². The minimum atomic E-state index is -0.247. The Morgan fingerprint density at radius 1 is 1.35 bits per heavy atom. The van der Waals surface area contributed by atoms with Gasteiger partial charge >= 0.3 is 0 Å². The van der Waals surface area contributed by atoms with Crippen LogP contribution in [0.1, 0.15) is 30.9 Å². The number of hydrogen-bond donors (Lipinski definition) is 1. The maximum Gasteiger partial charge on any atom is 0.166 e. The summed E-state index contributed by atoms with van der Waals surface area (Å²) in [6.45, 7) is 2.12. The number of nitrogens with two attached hydrogens (primary N) is 1. The van der Waals surface area contributed by atoms with E-state index >= 15 is 0 Å². The average molecular weight is 300 g/mol. The summed E-state index contributed by atoms with van der Waals surface area (Å²) in [7, 11) is 3.32. The van der Waals surface area contributed by atoms with Gasteiger partial charge in [-0.25, -0.2) is 0 Å². The van der Waals surface area contributed by atoms with Crippen molar-refractivity contribution in [2.75, 3.05) is 14.2 Å². The molecule has 94 valence electrons. The molecular weight excluding hydrogens is 282 g/mol. The highest BCUT2D eigenvalue weighted by Gasteiger charge is 2.45. The van der Waals surface area contributed by atoms with Gasteiger partial charge in [0.05, 0.1) is 14.2 Å². The van der Waals surface area contributed by atoms with Crippen molar-refractivity contribution >= 4 is 15.9 Å². The van der Waals surface area contributed by atoms with Crippen LogP contribution in [-0.4, -0.2) is 14.2 Å². The van der Waals surface area contributed by atoms with Crippen LogP contribution in [-0.2, 0) is 12.0 Å². The van der Waals surface area contributed by atoms with Gasteiger partial charge in [0.25, 0.3) is 0 Å². The fraction of sp³-hybridized carbons (Fsp3) is 0.538. The van der Waals surface area contributed by atoms with Crippen LogP contribution in [0.2, 0.25) is 0 Å². The van der Waals surface area contributed by atoms with E-state index in [1.54, 1.807) is 14.2 Å². The van der Waals surface area contributed by atoms with Crippen LogP contribution >= 0.6 is 15.9 Å².